The number of aliphatic carboxylic acids is 1. The fraction of sp³-hybridized carbons (Fsp3) is 0.308. The summed E-state index contributed by atoms with van der Waals surface area (Å²) in [6.07, 6.45) is -3.82. The van der Waals surface area contributed by atoms with E-state index in [1.165, 1.54) is 25.1 Å². The van der Waals surface area contributed by atoms with E-state index >= 15 is 0 Å². The Morgan fingerprint density at radius 3 is 2.60 bits per heavy atom. The number of hydrogen-bond donors (Lipinski definition) is 1. The van der Waals surface area contributed by atoms with E-state index in [2.05, 4.69) is 0 Å². The van der Waals surface area contributed by atoms with E-state index in [9.17, 15) is 18.0 Å². The average Bonchev–Trinajstić information content (AvgIpc) is 2.36. The van der Waals surface area contributed by atoms with E-state index < -0.39 is 22.7 Å². The molecule has 0 spiro atoms. The van der Waals surface area contributed by atoms with E-state index in [1.807, 2.05) is 0 Å². The molecule has 2 rings (SSSR count). The Bertz CT molecular complexity index is 568. The van der Waals surface area contributed by atoms with Crippen LogP contribution in [0.1, 0.15) is 12.5 Å². The molecule has 1 unspecified atom stereocenters. The summed E-state index contributed by atoms with van der Waals surface area (Å²) in [5.41, 5.74) is -0.489. The van der Waals surface area contributed by atoms with Crippen LogP contribution in [0.25, 0.3) is 6.08 Å². The number of halogens is 3. The van der Waals surface area contributed by atoms with E-state index in [1.54, 1.807) is 6.07 Å². The van der Waals surface area contributed by atoms with Crippen molar-refractivity contribution in [1.29, 1.82) is 0 Å². The molecule has 0 radical (unpaired) electrons. The molecule has 1 aliphatic heterocycles. The van der Waals surface area contributed by atoms with Gasteiger partial charge in [0.1, 0.15) is 11.3 Å². The summed E-state index contributed by atoms with van der Waals surface area (Å²) < 4.78 is 45.4. The van der Waals surface area contributed by atoms with Crippen molar-refractivity contribution >= 4 is 23.8 Å². The Morgan fingerprint density at radius 2 is 2.05 bits per heavy atom. The number of para-hydroxylation sites is 1. The Hall–Kier alpha value is -1.63. The molecule has 1 heterocycles. The van der Waals surface area contributed by atoms with Crippen molar-refractivity contribution in [3.63, 3.8) is 0 Å². The van der Waals surface area contributed by atoms with Gasteiger partial charge in [0.05, 0.1) is 0 Å². The van der Waals surface area contributed by atoms with Gasteiger partial charge in [0.25, 0.3) is 4.93 Å². The molecule has 1 N–H and O–H groups in total. The zero-order chi connectivity index (χ0) is 15.0. The fourth-order valence-electron chi connectivity index (χ4n) is 1.96. The molecule has 0 aliphatic carbocycles. The molecule has 1 aliphatic rings. The zero-order valence-electron chi connectivity index (χ0n) is 10.4. The van der Waals surface area contributed by atoms with Gasteiger partial charge in [-0.2, -0.15) is 13.2 Å². The highest BCUT2D eigenvalue weighted by Gasteiger charge is 2.63. The second kappa shape index (κ2) is 5.05. The summed E-state index contributed by atoms with van der Waals surface area (Å²) in [4.78, 5) is 8.37. The Kier molecular flexibility index (Phi) is 3.73. The first-order valence-corrected chi connectivity index (χ1v) is 6.74. The first kappa shape index (κ1) is 14.8. The van der Waals surface area contributed by atoms with E-state index in [4.69, 9.17) is 9.84 Å². The molecule has 1 aromatic rings. The summed E-state index contributed by atoms with van der Waals surface area (Å²) in [6.45, 7) is 1.52. The van der Waals surface area contributed by atoms with Crippen LogP contribution in [-0.4, -0.2) is 27.9 Å². The van der Waals surface area contributed by atoms with Crippen LogP contribution < -0.4 is 4.74 Å². The topological polar surface area (TPSA) is 46.5 Å². The molecule has 0 saturated carbocycles. The Balaban J connectivity index is 2.66. The molecule has 20 heavy (non-hydrogen) atoms. The van der Waals surface area contributed by atoms with Gasteiger partial charge in [-0.25, -0.2) is 4.79 Å². The highest BCUT2D eigenvalue weighted by molar-refractivity contribution is 8.00. The van der Waals surface area contributed by atoms with Crippen molar-refractivity contribution in [2.75, 3.05) is 5.75 Å². The molecule has 1 atom stereocenters. The quantitative estimate of drug-likeness (QED) is 0.927. The van der Waals surface area contributed by atoms with Gasteiger partial charge in [0.2, 0.25) is 0 Å². The van der Waals surface area contributed by atoms with Gasteiger partial charge in [-0.3, -0.25) is 0 Å². The summed E-state index contributed by atoms with van der Waals surface area (Å²) in [6, 6.07) is 6.04. The molecule has 0 amide bonds. The lowest BCUT2D eigenvalue weighted by Gasteiger charge is -2.38. The van der Waals surface area contributed by atoms with E-state index in [0.717, 1.165) is 6.08 Å². The maximum Gasteiger partial charge on any atom is 0.443 e. The largest absolute Gasteiger partial charge is 0.478 e. The predicted molar refractivity (Wildman–Crippen MR) is 69.6 cm³/mol. The second-order valence-corrected chi connectivity index (χ2v) is 5.49. The molecule has 1 aromatic carbocycles. The zero-order valence-corrected chi connectivity index (χ0v) is 11.2. The third-order valence-corrected chi connectivity index (χ3v) is 4.01. The summed E-state index contributed by atoms with van der Waals surface area (Å²) >= 11 is 0.410. The normalized spacial score (nSPS) is 21.7. The van der Waals surface area contributed by atoms with Gasteiger partial charge < -0.3 is 9.84 Å². The number of thioether (sulfide) groups is 1. The molecule has 108 valence electrons. The minimum atomic E-state index is -4.84. The number of rotatable bonds is 3. The number of carboxylic acids is 1. The number of carboxylic acid groups (broad SMARTS) is 1. The van der Waals surface area contributed by atoms with Crippen molar-refractivity contribution < 1.29 is 27.8 Å². The molecular weight excluding hydrogens is 293 g/mol. The van der Waals surface area contributed by atoms with Crippen LogP contribution in [0.4, 0.5) is 13.2 Å². The summed E-state index contributed by atoms with van der Waals surface area (Å²) in [5.74, 6) is -1.56. The first-order chi connectivity index (χ1) is 9.32. The summed E-state index contributed by atoms with van der Waals surface area (Å²) in [7, 11) is 0. The molecule has 0 fully saturated rings. The molecular formula is C13H11F3O3S. The molecule has 0 bridgehead atoms. The van der Waals surface area contributed by atoms with E-state index in [0.29, 0.717) is 17.3 Å². The lowest BCUT2D eigenvalue weighted by Crippen LogP contribution is -2.52. The maximum absolute atomic E-state index is 13.4. The van der Waals surface area contributed by atoms with Gasteiger partial charge in [-0.1, -0.05) is 25.1 Å². The monoisotopic (exact) mass is 304 g/mol. The molecule has 0 aromatic heterocycles. The maximum atomic E-state index is 13.4. The van der Waals surface area contributed by atoms with Crippen LogP contribution in [0.2, 0.25) is 0 Å². The highest BCUT2D eigenvalue weighted by Crippen LogP contribution is 2.51. The van der Waals surface area contributed by atoms with Crippen molar-refractivity contribution in [3.8, 4) is 5.75 Å². The fourth-order valence-corrected chi connectivity index (χ4v) is 2.98. The van der Waals surface area contributed by atoms with Crippen molar-refractivity contribution in [2.24, 2.45) is 0 Å². The van der Waals surface area contributed by atoms with Crippen molar-refractivity contribution in [2.45, 2.75) is 18.0 Å². The predicted octanol–water partition coefficient (Wildman–Crippen LogP) is 3.56. The van der Waals surface area contributed by atoms with Crippen LogP contribution in [0.15, 0.2) is 29.8 Å². The van der Waals surface area contributed by atoms with E-state index in [-0.39, 0.29) is 11.5 Å². The van der Waals surface area contributed by atoms with Gasteiger partial charge >= 0.3 is 12.1 Å². The molecule has 3 nitrogen and oxygen atoms in total. The standard InChI is InChI=1S/C13H11F3O3S/c1-2-20-12(13(14,15)16)9(11(17)18)7-8-5-3-4-6-10(8)19-12/h3-7H,2H2,1H3,(H,17,18). The SMILES string of the molecule is CCSC1(C(F)(F)F)Oc2ccccc2C=C1C(=O)O. The lowest BCUT2D eigenvalue weighted by atomic mass is 10.0. The van der Waals surface area contributed by atoms with Crippen LogP contribution in [0.3, 0.4) is 0 Å². The number of hydrogen-bond acceptors (Lipinski definition) is 3. The minimum absolute atomic E-state index is 0.0239. The smallest absolute Gasteiger partial charge is 0.443 e. The minimum Gasteiger partial charge on any atom is -0.478 e. The third kappa shape index (κ3) is 2.26. The first-order valence-electron chi connectivity index (χ1n) is 5.76. The number of fused-ring (bicyclic) bond motifs is 1. The van der Waals surface area contributed by atoms with Crippen LogP contribution in [0.5, 0.6) is 5.75 Å². The van der Waals surface area contributed by atoms with Crippen LogP contribution in [-0.2, 0) is 4.79 Å². The molecule has 0 saturated heterocycles. The number of ether oxygens (including phenoxy) is 1. The lowest BCUT2D eigenvalue weighted by molar-refractivity contribution is -0.200. The van der Waals surface area contributed by atoms with Gasteiger partial charge in [0, 0.05) is 5.56 Å². The molecule has 7 heteroatoms. The number of benzene rings is 1. The van der Waals surface area contributed by atoms with Crippen LogP contribution >= 0.6 is 11.8 Å². The Labute approximate surface area is 117 Å². The van der Waals surface area contributed by atoms with Gasteiger partial charge in [-0.05, 0) is 17.9 Å². The number of alkyl halides is 3. The third-order valence-electron chi connectivity index (χ3n) is 2.78. The Morgan fingerprint density at radius 1 is 1.40 bits per heavy atom. The second-order valence-electron chi connectivity index (χ2n) is 4.05. The van der Waals surface area contributed by atoms with Crippen molar-refractivity contribution in [3.05, 3.63) is 35.4 Å². The van der Waals surface area contributed by atoms with Gasteiger partial charge in [0.15, 0.2) is 0 Å². The summed E-state index contributed by atoms with van der Waals surface area (Å²) in [5, 5.41) is 9.13. The van der Waals surface area contributed by atoms with Crippen LogP contribution in [0, 0.1) is 0 Å². The van der Waals surface area contributed by atoms with Crippen molar-refractivity contribution in [1.82, 2.24) is 0 Å². The average molecular weight is 304 g/mol. The van der Waals surface area contributed by atoms with Gasteiger partial charge in [-0.15, -0.1) is 11.8 Å². The number of carbonyl (C=O) groups is 1. The highest BCUT2D eigenvalue weighted by atomic mass is 32.2.